The van der Waals surface area contributed by atoms with Crippen LogP contribution in [-0.2, 0) is 32.5 Å². The lowest BCUT2D eigenvalue weighted by Gasteiger charge is -2.27. The highest BCUT2D eigenvalue weighted by Crippen LogP contribution is 2.50. The Hall–Kier alpha value is -5.53. The molecule has 0 aliphatic heterocycles. The summed E-state index contributed by atoms with van der Waals surface area (Å²) in [6.45, 7) is 39.8. The van der Waals surface area contributed by atoms with Crippen LogP contribution in [-0.4, -0.2) is 4.98 Å². The smallest absolute Gasteiger partial charge is 0.0346 e. The van der Waals surface area contributed by atoms with E-state index in [1.165, 1.54) is 94.6 Å². The van der Waals surface area contributed by atoms with E-state index in [-0.39, 0.29) is 32.5 Å². The van der Waals surface area contributed by atoms with Gasteiger partial charge in [0.2, 0.25) is 0 Å². The summed E-state index contributed by atoms with van der Waals surface area (Å²) in [7, 11) is 0. The fraction of sp³-hybridized carbons (Fsp3) is 0.379. The van der Waals surface area contributed by atoms with Gasteiger partial charge in [-0.1, -0.05) is 209 Å². The third-order valence-corrected chi connectivity index (χ3v) is 14.8. The second-order valence-electron chi connectivity index (χ2n) is 25.2. The zero-order chi connectivity index (χ0) is 48.6. The van der Waals surface area contributed by atoms with Gasteiger partial charge < -0.3 is 0 Å². The third-order valence-electron chi connectivity index (χ3n) is 14.8. The standard InChI is InChI=1S/C66H77N/c1-18-25-65(14,15)56-35-46(42-23-24-58-57-21-19-20-22-59(57)66(16,17)60(58)37-42)29-47(36-56)51-30-50(40-67-41-51)45-27-43(48-31-52(61(2,3)4)38-53(32-48)62(5,6)7)26-44(28-45)49-33-54(63(8,9)10)39-55(34-49)64(11,12)13/h19-24,26-41H,18,25H2,1-17H3. The summed E-state index contributed by atoms with van der Waals surface area (Å²) in [4.78, 5) is 5.05. The Morgan fingerprint density at radius 2 is 0.716 bits per heavy atom. The highest BCUT2D eigenvalue weighted by molar-refractivity contribution is 5.86. The number of aromatic nitrogens is 1. The van der Waals surface area contributed by atoms with Crippen molar-refractivity contribution in [2.75, 3.05) is 0 Å². The summed E-state index contributed by atoms with van der Waals surface area (Å²) >= 11 is 0. The molecule has 0 spiro atoms. The SMILES string of the molecule is CCCC(C)(C)c1cc(-c2cncc(-c3cc(-c4cc(C(C)(C)C)cc(C(C)(C)C)c4)cc(-c4cc(C(C)(C)C)cc(C(C)(C)C)c4)c3)c2)cc(-c2ccc3c(c2)C(C)(C)c2ccccc2-3)c1. The molecule has 0 saturated carbocycles. The molecule has 0 amide bonds. The van der Waals surface area contributed by atoms with Crippen molar-refractivity contribution in [3.05, 3.63) is 173 Å². The van der Waals surface area contributed by atoms with E-state index in [0.717, 1.165) is 24.0 Å². The molecule has 1 heterocycles. The molecule has 1 aliphatic rings. The molecule has 0 bridgehead atoms. The van der Waals surface area contributed by atoms with Gasteiger partial charge in [0.1, 0.15) is 0 Å². The van der Waals surface area contributed by atoms with Gasteiger partial charge in [-0.2, -0.15) is 0 Å². The van der Waals surface area contributed by atoms with Crippen molar-refractivity contribution in [1.29, 1.82) is 0 Å². The predicted molar refractivity (Wildman–Crippen MR) is 292 cm³/mol. The number of pyridine rings is 1. The molecular formula is C66H77N. The molecule has 1 aliphatic carbocycles. The van der Waals surface area contributed by atoms with Crippen LogP contribution < -0.4 is 0 Å². The van der Waals surface area contributed by atoms with E-state index in [4.69, 9.17) is 4.98 Å². The van der Waals surface area contributed by atoms with Gasteiger partial charge in [0.25, 0.3) is 0 Å². The molecule has 0 radical (unpaired) electrons. The van der Waals surface area contributed by atoms with E-state index in [1.807, 2.05) is 0 Å². The first kappa shape index (κ1) is 47.9. The highest BCUT2D eigenvalue weighted by atomic mass is 14.6. The number of benzene rings is 6. The van der Waals surface area contributed by atoms with Crippen LogP contribution >= 0.6 is 0 Å². The van der Waals surface area contributed by atoms with Crippen LogP contribution in [0.4, 0.5) is 0 Å². The van der Waals surface area contributed by atoms with Gasteiger partial charge in [-0.15, -0.1) is 0 Å². The molecule has 0 atom stereocenters. The number of rotatable bonds is 8. The summed E-state index contributed by atoms with van der Waals surface area (Å²) in [5.41, 5.74) is 24.3. The Balaban J connectivity index is 1.33. The van der Waals surface area contributed by atoms with Gasteiger partial charge in [-0.05, 0) is 164 Å². The molecule has 0 N–H and O–H groups in total. The largest absolute Gasteiger partial charge is 0.263 e. The highest BCUT2D eigenvalue weighted by Gasteiger charge is 2.35. The lowest BCUT2D eigenvalue weighted by Crippen LogP contribution is -2.17. The molecular weight excluding hydrogens is 807 g/mol. The average molecular weight is 884 g/mol. The monoisotopic (exact) mass is 884 g/mol. The second kappa shape index (κ2) is 16.9. The number of fused-ring (bicyclic) bond motifs is 3. The summed E-state index contributed by atoms with van der Waals surface area (Å²) in [6, 6.07) is 47.6. The Labute approximate surface area is 405 Å². The van der Waals surface area contributed by atoms with Crippen LogP contribution in [0.3, 0.4) is 0 Å². The zero-order valence-corrected chi connectivity index (χ0v) is 44.1. The van der Waals surface area contributed by atoms with Crippen LogP contribution in [0.2, 0.25) is 0 Å². The molecule has 1 heteroatoms. The van der Waals surface area contributed by atoms with Crippen molar-refractivity contribution in [2.45, 2.75) is 163 Å². The first-order chi connectivity index (χ1) is 31.1. The summed E-state index contributed by atoms with van der Waals surface area (Å²) in [6.07, 6.45) is 6.37. The molecule has 0 saturated heterocycles. The van der Waals surface area contributed by atoms with Gasteiger partial charge in [0, 0.05) is 28.9 Å². The van der Waals surface area contributed by atoms with Crippen LogP contribution in [0.25, 0.3) is 66.8 Å². The van der Waals surface area contributed by atoms with E-state index < -0.39 is 0 Å². The van der Waals surface area contributed by atoms with Crippen LogP contribution in [0.15, 0.2) is 134 Å². The number of hydrogen-bond acceptors (Lipinski definition) is 1. The zero-order valence-electron chi connectivity index (χ0n) is 44.1. The quantitative estimate of drug-likeness (QED) is 0.148. The van der Waals surface area contributed by atoms with E-state index in [0.29, 0.717) is 0 Å². The number of nitrogens with zero attached hydrogens (tertiary/aromatic N) is 1. The summed E-state index contributed by atoms with van der Waals surface area (Å²) < 4.78 is 0. The Kier molecular flexibility index (Phi) is 12.1. The van der Waals surface area contributed by atoms with Gasteiger partial charge in [0.05, 0.1) is 0 Å². The maximum Gasteiger partial charge on any atom is 0.0346 e. The third kappa shape index (κ3) is 9.64. The molecule has 1 nitrogen and oxygen atoms in total. The summed E-state index contributed by atoms with van der Waals surface area (Å²) in [5.74, 6) is 0. The van der Waals surface area contributed by atoms with Crippen molar-refractivity contribution >= 4 is 0 Å². The van der Waals surface area contributed by atoms with Crippen LogP contribution in [0, 0.1) is 0 Å². The molecule has 0 unspecified atom stereocenters. The molecule has 67 heavy (non-hydrogen) atoms. The molecule has 1 aromatic heterocycles. The molecule has 0 fully saturated rings. The van der Waals surface area contributed by atoms with Crippen LogP contribution in [0.1, 0.15) is 169 Å². The van der Waals surface area contributed by atoms with Gasteiger partial charge in [-0.3, -0.25) is 4.98 Å². The maximum atomic E-state index is 5.05. The van der Waals surface area contributed by atoms with Crippen molar-refractivity contribution in [3.8, 4) is 66.8 Å². The minimum Gasteiger partial charge on any atom is -0.263 e. The minimum atomic E-state index is -0.0692. The van der Waals surface area contributed by atoms with Gasteiger partial charge in [-0.25, -0.2) is 0 Å². The van der Waals surface area contributed by atoms with Gasteiger partial charge >= 0.3 is 0 Å². The Bertz CT molecular complexity index is 2830. The second-order valence-corrected chi connectivity index (χ2v) is 25.2. The van der Waals surface area contributed by atoms with E-state index >= 15 is 0 Å². The first-order valence-electron chi connectivity index (χ1n) is 25.0. The van der Waals surface area contributed by atoms with Crippen molar-refractivity contribution < 1.29 is 0 Å². The molecule has 8 rings (SSSR count). The lowest BCUT2D eigenvalue weighted by molar-refractivity contribution is 0.473. The van der Waals surface area contributed by atoms with Crippen molar-refractivity contribution in [3.63, 3.8) is 0 Å². The van der Waals surface area contributed by atoms with E-state index in [1.54, 1.807) is 0 Å². The van der Waals surface area contributed by atoms with E-state index in [9.17, 15) is 0 Å². The fourth-order valence-electron chi connectivity index (χ4n) is 10.2. The fourth-order valence-corrected chi connectivity index (χ4v) is 10.2. The predicted octanol–water partition coefficient (Wildman–Crippen LogP) is 19.0. The van der Waals surface area contributed by atoms with E-state index in [2.05, 4.69) is 251 Å². The molecule has 7 aromatic rings. The van der Waals surface area contributed by atoms with Crippen molar-refractivity contribution in [1.82, 2.24) is 4.98 Å². The Morgan fingerprint density at radius 3 is 1.16 bits per heavy atom. The summed E-state index contributed by atoms with van der Waals surface area (Å²) in [5, 5.41) is 0. The average Bonchev–Trinajstić information content (AvgIpc) is 3.49. The molecule has 6 aromatic carbocycles. The van der Waals surface area contributed by atoms with Gasteiger partial charge in [0.15, 0.2) is 0 Å². The van der Waals surface area contributed by atoms with Crippen molar-refractivity contribution in [2.24, 2.45) is 0 Å². The first-order valence-corrected chi connectivity index (χ1v) is 25.0. The topological polar surface area (TPSA) is 12.9 Å². The maximum absolute atomic E-state index is 5.05. The normalized spacial score (nSPS) is 14.0. The molecule has 346 valence electrons. The van der Waals surface area contributed by atoms with Crippen LogP contribution in [0.5, 0.6) is 0 Å². The minimum absolute atomic E-state index is 0.00101. The Morgan fingerprint density at radius 1 is 0.358 bits per heavy atom. The lowest BCUT2D eigenvalue weighted by atomic mass is 9.77. The number of hydrogen-bond donors (Lipinski definition) is 0.